The van der Waals surface area contributed by atoms with Crippen LogP contribution in [0.3, 0.4) is 0 Å². The van der Waals surface area contributed by atoms with Crippen LogP contribution in [0.5, 0.6) is 0 Å². The quantitative estimate of drug-likeness (QED) is 0.479. The van der Waals surface area contributed by atoms with Gasteiger partial charge in [-0.2, -0.15) is 0 Å². The molecule has 0 aliphatic carbocycles. The first kappa shape index (κ1) is 17.2. The number of carbonyl (C=O) groups is 1. The normalized spacial score (nSPS) is 10.4. The van der Waals surface area contributed by atoms with Gasteiger partial charge in [-0.1, -0.05) is 29.8 Å². The molecule has 3 N–H and O–H groups in total. The van der Waals surface area contributed by atoms with Gasteiger partial charge in [-0.15, -0.1) is 0 Å². The van der Waals surface area contributed by atoms with E-state index in [9.17, 15) is 4.79 Å². The molecule has 0 spiro atoms. The van der Waals surface area contributed by atoms with Crippen LogP contribution in [-0.2, 0) is 11.2 Å². The summed E-state index contributed by atoms with van der Waals surface area (Å²) < 4.78 is 5.57. The van der Waals surface area contributed by atoms with Gasteiger partial charge in [0.1, 0.15) is 5.52 Å². The number of para-hydroxylation sites is 2. The van der Waals surface area contributed by atoms with Crippen LogP contribution in [0.4, 0.5) is 5.69 Å². The van der Waals surface area contributed by atoms with Crippen molar-refractivity contribution < 1.29 is 9.21 Å². The number of hydrogen-bond acceptors (Lipinski definition) is 4. The van der Waals surface area contributed by atoms with Crippen molar-refractivity contribution in [1.82, 2.24) is 15.8 Å². The first-order chi connectivity index (χ1) is 12.1. The molecular weight excluding hydrogens is 360 g/mol. The lowest BCUT2D eigenvalue weighted by Crippen LogP contribution is -2.43. The summed E-state index contributed by atoms with van der Waals surface area (Å²) in [6.45, 7) is 0. The Kier molecular flexibility index (Phi) is 5.47. The van der Waals surface area contributed by atoms with Gasteiger partial charge >= 0.3 is 0 Å². The van der Waals surface area contributed by atoms with Crippen LogP contribution >= 0.6 is 23.8 Å². The summed E-state index contributed by atoms with van der Waals surface area (Å²) in [5, 5.41) is 3.77. The molecule has 128 valence electrons. The lowest BCUT2D eigenvalue weighted by atomic mass is 10.3. The van der Waals surface area contributed by atoms with Crippen LogP contribution in [0.1, 0.15) is 12.3 Å². The molecule has 3 rings (SSSR count). The van der Waals surface area contributed by atoms with Gasteiger partial charge in [0.25, 0.3) is 0 Å². The molecule has 1 amide bonds. The second kappa shape index (κ2) is 7.96. The first-order valence-electron chi connectivity index (χ1n) is 7.56. The second-order valence-corrected chi connectivity index (χ2v) is 6.06. The topological polar surface area (TPSA) is 79.2 Å². The number of nitrogens with zero attached hydrogens (tertiary/aromatic N) is 1. The number of halogens is 1. The summed E-state index contributed by atoms with van der Waals surface area (Å²) >= 11 is 11.0. The summed E-state index contributed by atoms with van der Waals surface area (Å²) in [7, 11) is 0. The maximum Gasteiger partial charge on any atom is 0.238 e. The standard InChI is InChI=1S/C17H15ClN4O2S/c18-11-4-3-5-12(10-11)19-17(25)22-21-15(23)8-9-16-20-13-6-1-2-7-14(13)24-16/h1-7,10H,8-9H2,(H,21,23)(H2,19,22,25). The van der Waals surface area contributed by atoms with E-state index in [2.05, 4.69) is 21.2 Å². The Morgan fingerprint density at radius 3 is 2.80 bits per heavy atom. The zero-order valence-corrected chi connectivity index (χ0v) is 14.7. The Labute approximate surface area is 154 Å². The van der Waals surface area contributed by atoms with Crippen molar-refractivity contribution in [3.05, 3.63) is 59.4 Å². The van der Waals surface area contributed by atoms with E-state index in [-0.39, 0.29) is 17.4 Å². The molecule has 8 heteroatoms. The van der Waals surface area contributed by atoms with E-state index >= 15 is 0 Å². The third-order valence-electron chi connectivity index (χ3n) is 3.30. The van der Waals surface area contributed by atoms with Crippen molar-refractivity contribution >= 4 is 51.6 Å². The van der Waals surface area contributed by atoms with E-state index in [4.69, 9.17) is 28.2 Å². The van der Waals surface area contributed by atoms with Crippen LogP contribution in [0.2, 0.25) is 5.02 Å². The number of nitrogens with one attached hydrogen (secondary N) is 3. The maximum atomic E-state index is 11.9. The predicted molar refractivity (Wildman–Crippen MR) is 101 cm³/mol. The summed E-state index contributed by atoms with van der Waals surface area (Å²) in [4.78, 5) is 16.2. The van der Waals surface area contributed by atoms with Crippen LogP contribution in [0.25, 0.3) is 11.1 Å². The number of oxazole rings is 1. The average molecular weight is 375 g/mol. The molecule has 0 saturated carbocycles. The minimum Gasteiger partial charge on any atom is -0.441 e. The minimum atomic E-state index is -0.225. The number of anilines is 1. The third-order valence-corrected chi connectivity index (χ3v) is 3.74. The van der Waals surface area contributed by atoms with Crippen LogP contribution in [0, 0.1) is 0 Å². The van der Waals surface area contributed by atoms with Crippen molar-refractivity contribution in [2.45, 2.75) is 12.8 Å². The van der Waals surface area contributed by atoms with Crippen molar-refractivity contribution in [1.29, 1.82) is 0 Å². The molecular formula is C17H15ClN4O2S. The highest BCUT2D eigenvalue weighted by Crippen LogP contribution is 2.16. The first-order valence-corrected chi connectivity index (χ1v) is 8.34. The summed E-state index contributed by atoms with van der Waals surface area (Å²) in [6, 6.07) is 14.6. The third kappa shape index (κ3) is 4.91. The highest BCUT2D eigenvalue weighted by atomic mass is 35.5. The van der Waals surface area contributed by atoms with Gasteiger partial charge in [0, 0.05) is 23.6 Å². The molecule has 0 aliphatic heterocycles. The van der Waals surface area contributed by atoms with E-state index in [0.717, 1.165) is 11.2 Å². The van der Waals surface area contributed by atoms with E-state index in [1.807, 2.05) is 30.3 Å². The number of benzene rings is 2. The Bertz CT molecular complexity index is 879. The van der Waals surface area contributed by atoms with Crippen molar-refractivity contribution in [3.63, 3.8) is 0 Å². The van der Waals surface area contributed by atoms with Crippen molar-refractivity contribution in [2.24, 2.45) is 0 Å². The molecule has 0 bridgehead atoms. The van der Waals surface area contributed by atoms with Gasteiger partial charge < -0.3 is 9.73 Å². The van der Waals surface area contributed by atoms with Gasteiger partial charge in [-0.25, -0.2) is 4.98 Å². The molecule has 3 aromatic rings. The molecule has 0 unspecified atom stereocenters. The molecule has 1 aromatic heterocycles. The monoisotopic (exact) mass is 374 g/mol. The fourth-order valence-electron chi connectivity index (χ4n) is 2.16. The number of rotatable bonds is 4. The van der Waals surface area contributed by atoms with Gasteiger partial charge in [0.15, 0.2) is 16.6 Å². The lowest BCUT2D eigenvalue weighted by Gasteiger charge is -2.11. The Balaban J connectivity index is 1.43. The van der Waals surface area contributed by atoms with Crippen LogP contribution in [-0.4, -0.2) is 16.0 Å². The van der Waals surface area contributed by atoms with Crippen LogP contribution in [0.15, 0.2) is 52.9 Å². The van der Waals surface area contributed by atoms with E-state index < -0.39 is 0 Å². The van der Waals surface area contributed by atoms with E-state index in [1.165, 1.54) is 0 Å². The highest BCUT2D eigenvalue weighted by Gasteiger charge is 2.08. The second-order valence-electron chi connectivity index (χ2n) is 5.21. The molecule has 0 fully saturated rings. The molecule has 0 atom stereocenters. The van der Waals surface area contributed by atoms with Crippen molar-refractivity contribution in [3.8, 4) is 0 Å². The molecule has 0 aliphatic rings. The molecule has 1 heterocycles. The number of aryl methyl sites for hydroxylation is 1. The van der Waals surface area contributed by atoms with E-state index in [1.54, 1.807) is 18.2 Å². The SMILES string of the molecule is O=C(CCc1nc2ccccc2o1)NNC(=S)Nc1cccc(Cl)c1. The summed E-state index contributed by atoms with van der Waals surface area (Å²) in [6.07, 6.45) is 0.621. The fourth-order valence-corrected chi connectivity index (χ4v) is 2.52. The van der Waals surface area contributed by atoms with Gasteiger partial charge in [0.05, 0.1) is 0 Å². The number of fused-ring (bicyclic) bond motifs is 1. The highest BCUT2D eigenvalue weighted by molar-refractivity contribution is 7.80. The van der Waals surface area contributed by atoms with Gasteiger partial charge in [-0.05, 0) is 42.5 Å². The number of hydrazine groups is 1. The average Bonchev–Trinajstić information content (AvgIpc) is 3.01. The van der Waals surface area contributed by atoms with Gasteiger partial charge in [0.2, 0.25) is 5.91 Å². The number of carbonyl (C=O) groups excluding carboxylic acids is 1. The summed E-state index contributed by atoms with van der Waals surface area (Å²) in [5.41, 5.74) is 7.39. The number of thiocarbonyl (C=S) groups is 1. The molecule has 6 nitrogen and oxygen atoms in total. The molecule has 25 heavy (non-hydrogen) atoms. The molecule has 0 radical (unpaired) electrons. The summed E-state index contributed by atoms with van der Waals surface area (Å²) in [5.74, 6) is 0.300. The lowest BCUT2D eigenvalue weighted by molar-refractivity contribution is -0.121. The van der Waals surface area contributed by atoms with Gasteiger partial charge in [-0.3, -0.25) is 15.6 Å². The Morgan fingerprint density at radius 1 is 1.16 bits per heavy atom. The zero-order chi connectivity index (χ0) is 17.6. The largest absolute Gasteiger partial charge is 0.441 e. The molecule has 0 saturated heterocycles. The number of hydrogen-bond donors (Lipinski definition) is 3. The van der Waals surface area contributed by atoms with Crippen LogP contribution < -0.4 is 16.2 Å². The maximum absolute atomic E-state index is 11.9. The Hall–Kier alpha value is -2.64. The van der Waals surface area contributed by atoms with Crippen molar-refractivity contribution in [2.75, 3.05) is 5.32 Å². The fraction of sp³-hybridized carbons (Fsp3) is 0.118. The van der Waals surface area contributed by atoms with E-state index in [0.29, 0.717) is 22.9 Å². The zero-order valence-electron chi connectivity index (χ0n) is 13.1. The Morgan fingerprint density at radius 2 is 2.00 bits per heavy atom. The molecule has 2 aromatic carbocycles. The predicted octanol–water partition coefficient (Wildman–Crippen LogP) is 3.43. The number of amides is 1. The number of aromatic nitrogens is 1. The smallest absolute Gasteiger partial charge is 0.238 e. The minimum absolute atomic E-state index is 0.222.